The molecule has 188 valence electrons. The van der Waals surface area contributed by atoms with Crippen molar-refractivity contribution < 1.29 is 48.5 Å². The Morgan fingerprint density at radius 1 is 0.676 bits per heavy atom. The molecule has 2 aliphatic rings. The van der Waals surface area contributed by atoms with Gasteiger partial charge in [0.25, 0.3) is 0 Å². The molecule has 2 aliphatic heterocycles. The van der Waals surface area contributed by atoms with Crippen molar-refractivity contribution in [1.82, 2.24) is 9.80 Å². The van der Waals surface area contributed by atoms with E-state index in [0.29, 0.717) is 45.1 Å². The highest BCUT2D eigenvalue weighted by molar-refractivity contribution is 5.91. The Labute approximate surface area is 196 Å². The molecule has 2 rings (SSSR count). The molecule has 0 spiro atoms. The normalized spacial score (nSPS) is 16.2. The first kappa shape index (κ1) is 28.3. The van der Waals surface area contributed by atoms with Crippen LogP contribution >= 0.6 is 0 Å². The Hall–Kier alpha value is -3.70. The summed E-state index contributed by atoms with van der Waals surface area (Å²) in [7, 11) is 0. The van der Waals surface area contributed by atoms with E-state index in [-0.39, 0.29) is 25.0 Å². The predicted molar refractivity (Wildman–Crippen MR) is 116 cm³/mol. The number of carbonyl (C=O) groups excluding carboxylic acids is 4. The molecule has 2 N–H and O–H groups in total. The van der Waals surface area contributed by atoms with Gasteiger partial charge < -0.3 is 29.5 Å². The van der Waals surface area contributed by atoms with Crippen LogP contribution in [-0.2, 0) is 38.2 Å². The third-order valence-corrected chi connectivity index (χ3v) is 4.78. The van der Waals surface area contributed by atoms with E-state index in [1.54, 1.807) is 9.80 Å². The third kappa shape index (κ3) is 13.0. The molecule has 12 nitrogen and oxygen atoms in total. The number of carboxylic acids is 2. The number of hydrogen-bond donors (Lipinski definition) is 2. The number of nitrogens with zero attached hydrogens (tertiary/aromatic N) is 2. The quantitative estimate of drug-likeness (QED) is 0.328. The number of likely N-dealkylation sites (tertiary alicyclic amines) is 2. The van der Waals surface area contributed by atoms with Gasteiger partial charge in [0, 0.05) is 50.2 Å². The smallest absolute Gasteiger partial charge is 0.331 e. The fraction of sp³-hybridized carbons (Fsp3) is 0.545. The van der Waals surface area contributed by atoms with Gasteiger partial charge in [0.15, 0.2) is 0 Å². The molecule has 12 heteroatoms. The van der Waals surface area contributed by atoms with Crippen molar-refractivity contribution in [1.29, 1.82) is 0 Å². The molecular weight excluding hydrogens is 452 g/mol. The number of esters is 2. The van der Waals surface area contributed by atoms with Gasteiger partial charge in [-0.3, -0.25) is 9.59 Å². The molecule has 2 saturated heterocycles. The standard InChI is InChI=1S/C12H17NO5.C10H13NO5/c14-10-4-2-1-3-7-13(10)8-9-18-12(17)6-5-11(15)16;12-8-2-1-5-11(8)6-7-16-10(15)4-3-9(13)14/h5-6H,1-4,7-9H2,(H,15,16);3-4H,1-2,5-7H2,(H,13,14)/b6-5+;4-3+. The number of ether oxygens (including phenoxy) is 2. The van der Waals surface area contributed by atoms with E-state index in [4.69, 9.17) is 19.7 Å². The first-order valence-corrected chi connectivity index (χ1v) is 10.9. The average Bonchev–Trinajstić information content (AvgIpc) is 3.08. The average molecular weight is 482 g/mol. The van der Waals surface area contributed by atoms with E-state index >= 15 is 0 Å². The largest absolute Gasteiger partial charge is 0.478 e. The predicted octanol–water partition coefficient (Wildman–Crippen LogP) is 0.366. The van der Waals surface area contributed by atoms with Gasteiger partial charge in [-0.1, -0.05) is 6.42 Å². The molecule has 0 bridgehead atoms. The summed E-state index contributed by atoms with van der Waals surface area (Å²) in [6.45, 7) is 2.31. The maximum atomic E-state index is 11.6. The van der Waals surface area contributed by atoms with E-state index in [1.165, 1.54) is 0 Å². The topological polar surface area (TPSA) is 168 Å². The zero-order chi connectivity index (χ0) is 25.3. The fourth-order valence-corrected chi connectivity index (χ4v) is 3.10. The second kappa shape index (κ2) is 16.0. The molecule has 0 radical (unpaired) electrons. The first-order chi connectivity index (χ1) is 16.2. The van der Waals surface area contributed by atoms with Crippen LogP contribution in [-0.4, -0.2) is 95.1 Å². The van der Waals surface area contributed by atoms with Crippen molar-refractivity contribution in [2.75, 3.05) is 39.4 Å². The SMILES string of the molecule is O=C(O)/C=C/C(=O)OCCN1CCCC1=O.O=C(O)/C=C/C(=O)OCCN1CCCCCC1=O. The number of amides is 2. The maximum absolute atomic E-state index is 11.6. The molecule has 0 aliphatic carbocycles. The molecule has 0 atom stereocenters. The van der Waals surface area contributed by atoms with Crippen LogP contribution in [0.1, 0.15) is 38.5 Å². The van der Waals surface area contributed by atoms with E-state index in [0.717, 1.165) is 43.9 Å². The minimum atomic E-state index is -1.20. The zero-order valence-electron chi connectivity index (χ0n) is 18.8. The number of aliphatic carboxylic acids is 2. The van der Waals surface area contributed by atoms with Gasteiger partial charge >= 0.3 is 23.9 Å². The minimum Gasteiger partial charge on any atom is -0.478 e. The van der Waals surface area contributed by atoms with Crippen molar-refractivity contribution in [3.8, 4) is 0 Å². The molecule has 0 aromatic rings. The molecule has 0 unspecified atom stereocenters. The second-order valence-electron chi connectivity index (χ2n) is 7.35. The van der Waals surface area contributed by atoms with Crippen LogP contribution in [0.15, 0.2) is 24.3 Å². The van der Waals surface area contributed by atoms with Gasteiger partial charge in [0.1, 0.15) is 13.2 Å². The second-order valence-corrected chi connectivity index (χ2v) is 7.35. The van der Waals surface area contributed by atoms with Gasteiger partial charge in [-0.2, -0.15) is 0 Å². The molecule has 0 saturated carbocycles. The van der Waals surface area contributed by atoms with Gasteiger partial charge in [-0.05, 0) is 19.3 Å². The van der Waals surface area contributed by atoms with Crippen molar-refractivity contribution >= 4 is 35.7 Å². The zero-order valence-corrected chi connectivity index (χ0v) is 18.8. The summed E-state index contributed by atoms with van der Waals surface area (Å²) in [5, 5.41) is 16.6. The lowest BCUT2D eigenvalue weighted by molar-refractivity contribution is -0.141. The van der Waals surface area contributed by atoms with Crippen LogP contribution in [0.3, 0.4) is 0 Å². The van der Waals surface area contributed by atoms with Gasteiger partial charge in [-0.15, -0.1) is 0 Å². The highest BCUT2D eigenvalue weighted by Gasteiger charge is 2.19. The third-order valence-electron chi connectivity index (χ3n) is 4.78. The van der Waals surface area contributed by atoms with Crippen LogP contribution < -0.4 is 0 Å². The van der Waals surface area contributed by atoms with Gasteiger partial charge in [0.05, 0.1) is 13.1 Å². The number of rotatable bonds is 10. The maximum Gasteiger partial charge on any atom is 0.331 e. The molecular formula is C22H30N2O10. The number of hydrogen-bond acceptors (Lipinski definition) is 8. The van der Waals surface area contributed by atoms with E-state index in [2.05, 4.69) is 0 Å². The van der Waals surface area contributed by atoms with Crippen LogP contribution in [0.2, 0.25) is 0 Å². The van der Waals surface area contributed by atoms with Gasteiger partial charge in [-0.25, -0.2) is 19.2 Å². The highest BCUT2D eigenvalue weighted by Crippen LogP contribution is 2.10. The van der Waals surface area contributed by atoms with Crippen molar-refractivity contribution in [2.45, 2.75) is 38.5 Å². The Morgan fingerprint density at radius 3 is 1.53 bits per heavy atom. The molecule has 0 aromatic carbocycles. The number of carboxylic acid groups (broad SMARTS) is 2. The van der Waals surface area contributed by atoms with Gasteiger partial charge in [0.2, 0.25) is 11.8 Å². The Bertz CT molecular complexity index is 806. The monoisotopic (exact) mass is 482 g/mol. The summed E-state index contributed by atoms with van der Waals surface area (Å²) in [4.78, 5) is 68.3. The minimum absolute atomic E-state index is 0.0668. The summed E-state index contributed by atoms with van der Waals surface area (Å²) in [6.07, 6.45) is 7.99. The Balaban J connectivity index is 0.000000342. The van der Waals surface area contributed by atoms with E-state index in [9.17, 15) is 28.8 Å². The molecule has 2 heterocycles. The van der Waals surface area contributed by atoms with Crippen LogP contribution in [0.5, 0.6) is 0 Å². The van der Waals surface area contributed by atoms with Crippen molar-refractivity contribution in [3.05, 3.63) is 24.3 Å². The number of carbonyl (C=O) groups is 6. The Morgan fingerprint density at radius 2 is 1.12 bits per heavy atom. The lowest BCUT2D eigenvalue weighted by Crippen LogP contribution is -2.33. The van der Waals surface area contributed by atoms with Crippen LogP contribution in [0.4, 0.5) is 0 Å². The van der Waals surface area contributed by atoms with Crippen molar-refractivity contribution in [3.63, 3.8) is 0 Å². The summed E-state index contributed by atoms with van der Waals surface area (Å²) >= 11 is 0. The summed E-state index contributed by atoms with van der Waals surface area (Å²) in [6, 6.07) is 0. The van der Waals surface area contributed by atoms with E-state index in [1.807, 2.05) is 0 Å². The van der Waals surface area contributed by atoms with Crippen LogP contribution in [0.25, 0.3) is 0 Å². The lowest BCUT2D eigenvalue weighted by atomic mass is 10.2. The molecule has 2 amide bonds. The lowest BCUT2D eigenvalue weighted by Gasteiger charge is -2.19. The summed E-state index contributed by atoms with van der Waals surface area (Å²) in [5.41, 5.74) is 0. The fourth-order valence-electron chi connectivity index (χ4n) is 3.10. The molecule has 0 aromatic heterocycles. The highest BCUT2D eigenvalue weighted by atomic mass is 16.5. The Kier molecular flexibility index (Phi) is 13.3. The van der Waals surface area contributed by atoms with E-state index < -0.39 is 23.9 Å². The molecule has 2 fully saturated rings. The van der Waals surface area contributed by atoms with Crippen molar-refractivity contribution in [2.24, 2.45) is 0 Å². The summed E-state index contributed by atoms with van der Waals surface area (Å²) in [5.74, 6) is -3.67. The summed E-state index contributed by atoms with van der Waals surface area (Å²) < 4.78 is 9.52. The molecule has 34 heavy (non-hydrogen) atoms. The first-order valence-electron chi connectivity index (χ1n) is 10.9. The van der Waals surface area contributed by atoms with Crippen LogP contribution in [0, 0.1) is 0 Å².